The average Bonchev–Trinajstić information content (AvgIpc) is 3.38. The minimum absolute atomic E-state index is 0.0843. The van der Waals surface area contributed by atoms with E-state index in [9.17, 15) is 8.42 Å². The zero-order valence-electron chi connectivity index (χ0n) is 15.1. The fraction of sp³-hybridized carbons (Fsp3) is 0.0526. The highest BCUT2D eigenvalue weighted by molar-refractivity contribution is 7.91. The summed E-state index contributed by atoms with van der Waals surface area (Å²) in [5.41, 5.74) is 1.30. The summed E-state index contributed by atoms with van der Waals surface area (Å²) < 4.78 is 29.1. The zero-order valence-corrected chi connectivity index (χ0v) is 19.0. The fourth-order valence-electron chi connectivity index (χ4n) is 2.68. The van der Waals surface area contributed by atoms with Crippen LogP contribution >= 0.6 is 46.1 Å². The Hall–Kier alpha value is -1.94. The first kappa shape index (κ1) is 21.3. The number of benzene rings is 2. The molecule has 0 aliphatic carbocycles. The van der Waals surface area contributed by atoms with E-state index in [2.05, 4.69) is 14.8 Å². The molecule has 4 aromatic rings. The van der Waals surface area contributed by atoms with Crippen LogP contribution in [0.4, 0.5) is 0 Å². The van der Waals surface area contributed by atoms with Gasteiger partial charge in [0.2, 0.25) is 10.0 Å². The summed E-state index contributed by atoms with van der Waals surface area (Å²) in [4.78, 5) is 4.53. The number of hydrogen-bond donors (Lipinski definition) is 1. The van der Waals surface area contributed by atoms with Crippen LogP contribution in [0.25, 0.3) is 17.1 Å². The van der Waals surface area contributed by atoms with Crippen molar-refractivity contribution in [1.29, 1.82) is 0 Å². The standard InChI is InChI=1S/C19H13Cl3N4O2S2/c20-13-5-3-12(4-6-13)19-24-17(11-23-30(27,28)18-2-1-9-29-18)25-26(19)16-8-7-14(21)10-15(16)22/h1-10,23H,11H2. The molecule has 30 heavy (non-hydrogen) atoms. The van der Waals surface area contributed by atoms with Crippen LogP contribution < -0.4 is 4.72 Å². The van der Waals surface area contributed by atoms with Crippen molar-refractivity contribution < 1.29 is 8.42 Å². The molecular formula is C19H13Cl3N4O2S2. The van der Waals surface area contributed by atoms with Crippen LogP contribution in [0.1, 0.15) is 5.82 Å². The number of aromatic nitrogens is 3. The number of nitrogens with zero attached hydrogens (tertiary/aromatic N) is 3. The highest BCUT2D eigenvalue weighted by Gasteiger charge is 2.19. The summed E-state index contributed by atoms with van der Waals surface area (Å²) in [6.45, 7) is -0.0843. The number of hydrogen-bond acceptors (Lipinski definition) is 5. The first-order valence-electron chi connectivity index (χ1n) is 8.54. The van der Waals surface area contributed by atoms with Gasteiger partial charge in [-0.25, -0.2) is 22.8 Å². The molecule has 11 heteroatoms. The molecule has 0 fully saturated rings. The molecule has 0 saturated carbocycles. The zero-order chi connectivity index (χ0) is 21.3. The van der Waals surface area contributed by atoms with Crippen LogP contribution in [0.15, 0.2) is 64.2 Å². The van der Waals surface area contributed by atoms with Gasteiger partial charge in [0.15, 0.2) is 11.6 Å². The molecule has 4 rings (SSSR count). The van der Waals surface area contributed by atoms with E-state index in [0.717, 1.165) is 16.9 Å². The van der Waals surface area contributed by atoms with E-state index in [0.29, 0.717) is 26.6 Å². The molecule has 0 bridgehead atoms. The molecule has 6 nitrogen and oxygen atoms in total. The Labute approximate surface area is 192 Å². The van der Waals surface area contributed by atoms with Crippen LogP contribution in [0, 0.1) is 0 Å². The van der Waals surface area contributed by atoms with Gasteiger partial charge in [-0.3, -0.25) is 0 Å². The van der Waals surface area contributed by atoms with Gasteiger partial charge in [-0.1, -0.05) is 40.9 Å². The molecule has 0 unspecified atom stereocenters. The van der Waals surface area contributed by atoms with Gasteiger partial charge in [0, 0.05) is 15.6 Å². The first-order valence-corrected chi connectivity index (χ1v) is 12.0. The number of thiophene rings is 1. The van der Waals surface area contributed by atoms with Crippen molar-refractivity contribution in [2.24, 2.45) is 0 Å². The van der Waals surface area contributed by atoms with E-state index in [1.807, 2.05) is 0 Å². The Morgan fingerprint density at radius 1 is 1.00 bits per heavy atom. The van der Waals surface area contributed by atoms with E-state index in [1.54, 1.807) is 58.6 Å². The van der Waals surface area contributed by atoms with Crippen LogP contribution in [-0.2, 0) is 16.6 Å². The normalized spacial score (nSPS) is 11.7. The molecular weight excluding hydrogens is 487 g/mol. The first-order chi connectivity index (χ1) is 14.3. The smallest absolute Gasteiger partial charge is 0.211 e. The Morgan fingerprint density at radius 3 is 2.40 bits per heavy atom. The summed E-state index contributed by atoms with van der Waals surface area (Å²) in [5.74, 6) is 0.771. The van der Waals surface area contributed by atoms with E-state index >= 15 is 0 Å². The molecule has 154 valence electrons. The van der Waals surface area contributed by atoms with Crippen molar-refractivity contribution in [3.63, 3.8) is 0 Å². The number of sulfonamides is 1. The maximum absolute atomic E-state index is 12.4. The van der Waals surface area contributed by atoms with Gasteiger partial charge in [-0.05, 0) is 53.9 Å². The molecule has 0 spiro atoms. The number of halogens is 3. The lowest BCUT2D eigenvalue weighted by Crippen LogP contribution is -2.23. The molecule has 0 saturated heterocycles. The van der Waals surface area contributed by atoms with Crippen molar-refractivity contribution in [1.82, 2.24) is 19.5 Å². The van der Waals surface area contributed by atoms with Gasteiger partial charge in [0.25, 0.3) is 0 Å². The quantitative estimate of drug-likeness (QED) is 0.383. The Balaban J connectivity index is 1.73. The van der Waals surface area contributed by atoms with E-state index < -0.39 is 10.0 Å². The Bertz CT molecular complexity index is 1290. The molecule has 2 aromatic heterocycles. The van der Waals surface area contributed by atoms with E-state index in [1.165, 1.54) is 6.07 Å². The largest absolute Gasteiger partial charge is 0.250 e. The lowest BCUT2D eigenvalue weighted by molar-refractivity contribution is 0.581. The second kappa shape index (κ2) is 8.66. The molecule has 0 amide bonds. The SMILES string of the molecule is O=S(=O)(NCc1nc(-c2ccc(Cl)cc2)n(-c2ccc(Cl)cc2Cl)n1)c1cccs1. The summed E-state index contributed by atoms with van der Waals surface area (Å²) >= 11 is 19.5. The average molecular weight is 500 g/mol. The molecule has 2 heterocycles. The highest BCUT2D eigenvalue weighted by Crippen LogP contribution is 2.29. The fourth-order valence-corrected chi connectivity index (χ4v) is 5.32. The highest BCUT2D eigenvalue weighted by atomic mass is 35.5. The predicted molar refractivity (Wildman–Crippen MR) is 120 cm³/mol. The topological polar surface area (TPSA) is 76.9 Å². The minimum Gasteiger partial charge on any atom is -0.211 e. The second-order valence-corrected chi connectivity index (χ2v) is 10.3. The molecule has 2 aromatic carbocycles. The van der Waals surface area contributed by atoms with Crippen LogP contribution in [0.3, 0.4) is 0 Å². The minimum atomic E-state index is -3.65. The van der Waals surface area contributed by atoms with Gasteiger partial charge in [-0.15, -0.1) is 16.4 Å². The molecule has 0 atom stereocenters. The molecule has 0 radical (unpaired) electrons. The summed E-state index contributed by atoms with van der Waals surface area (Å²) in [6.07, 6.45) is 0. The lowest BCUT2D eigenvalue weighted by atomic mass is 10.2. The Morgan fingerprint density at radius 2 is 1.73 bits per heavy atom. The van der Waals surface area contributed by atoms with Crippen molar-refractivity contribution >= 4 is 56.2 Å². The van der Waals surface area contributed by atoms with E-state index in [4.69, 9.17) is 34.8 Å². The third-order valence-corrected chi connectivity index (χ3v) is 7.66. The van der Waals surface area contributed by atoms with Crippen LogP contribution in [-0.4, -0.2) is 23.2 Å². The monoisotopic (exact) mass is 498 g/mol. The summed E-state index contributed by atoms with van der Waals surface area (Å²) in [5, 5.41) is 7.62. The molecule has 0 aliphatic heterocycles. The van der Waals surface area contributed by atoms with Crippen molar-refractivity contribution in [2.75, 3.05) is 0 Å². The third-order valence-electron chi connectivity index (χ3n) is 4.07. The summed E-state index contributed by atoms with van der Waals surface area (Å²) in [7, 11) is -3.65. The van der Waals surface area contributed by atoms with Crippen LogP contribution in [0.5, 0.6) is 0 Å². The lowest BCUT2D eigenvalue weighted by Gasteiger charge is -2.08. The number of rotatable bonds is 6. The van der Waals surface area contributed by atoms with Gasteiger partial charge in [0.1, 0.15) is 4.21 Å². The van der Waals surface area contributed by atoms with Crippen LogP contribution in [0.2, 0.25) is 15.1 Å². The van der Waals surface area contributed by atoms with Crippen molar-refractivity contribution in [3.05, 3.63) is 80.9 Å². The maximum atomic E-state index is 12.4. The number of nitrogens with one attached hydrogen (secondary N) is 1. The van der Waals surface area contributed by atoms with Gasteiger partial charge in [-0.2, -0.15) is 0 Å². The molecule has 1 N–H and O–H groups in total. The van der Waals surface area contributed by atoms with Gasteiger partial charge >= 0.3 is 0 Å². The van der Waals surface area contributed by atoms with Gasteiger partial charge in [0.05, 0.1) is 17.3 Å². The Kier molecular flexibility index (Phi) is 6.15. The van der Waals surface area contributed by atoms with Crippen molar-refractivity contribution in [3.8, 4) is 17.1 Å². The summed E-state index contributed by atoms with van der Waals surface area (Å²) in [6, 6.07) is 15.3. The van der Waals surface area contributed by atoms with Crippen molar-refractivity contribution in [2.45, 2.75) is 10.8 Å². The predicted octanol–water partition coefficient (Wildman–Crippen LogP) is 5.43. The molecule has 0 aliphatic rings. The third kappa shape index (κ3) is 4.54. The second-order valence-electron chi connectivity index (χ2n) is 6.12. The van der Waals surface area contributed by atoms with E-state index in [-0.39, 0.29) is 16.6 Å². The maximum Gasteiger partial charge on any atom is 0.250 e. The van der Waals surface area contributed by atoms with Gasteiger partial charge < -0.3 is 0 Å².